The lowest BCUT2D eigenvalue weighted by Gasteiger charge is -2.21. The van der Waals surface area contributed by atoms with Gasteiger partial charge in [0.1, 0.15) is 0 Å². The number of rotatable bonds is 6. The Labute approximate surface area is 155 Å². The minimum absolute atomic E-state index is 0.119. The van der Waals surface area contributed by atoms with Gasteiger partial charge in [0.05, 0.1) is 11.9 Å². The molecule has 26 heavy (non-hydrogen) atoms. The Morgan fingerprint density at radius 3 is 2.62 bits per heavy atom. The van der Waals surface area contributed by atoms with E-state index in [1.807, 2.05) is 31.2 Å². The maximum absolute atomic E-state index is 12.4. The van der Waals surface area contributed by atoms with E-state index in [0.717, 1.165) is 18.4 Å². The molecule has 0 saturated carbocycles. The van der Waals surface area contributed by atoms with Crippen molar-refractivity contribution in [3.63, 3.8) is 0 Å². The van der Waals surface area contributed by atoms with Gasteiger partial charge in [-0.15, -0.1) is 0 Å². The van der Waals surface area contributed by atoms with Crippen LogP contribution >= 0.6 is 0 Å². The first-order valence-electron chi connectivity index (χ1n) is 8.81. The van der Waals surface area contributed by atoms with E-state index in [1.54, 1.807) is 12.1 Å². The summed E-state index contributed by atoms with van der Waals surface area (Å²) in [4.78, 5) is 12.4. The number of sulfonamides is 1. The Hall–Kier alpha value is -2.34. The first-order chi connectivity index (χ1) is 12.4. The minimum atomic E-state index is -3.31. The molecule has 0 saturated heterocycles. The summed E-state index contributed by atoms with van der Waals surface area (Å²) in [5.41, 5.74) is 3.42. The number of fused-ring (bicyclic) bond motifs is 1. The lowest BCUT2D eigenvalue weighted by atomic mass is 10.1. The van der Waals surface area contributed by atoms with Crippen molar-refractivity contribution in [2.24, 2.45) is 0 Å². The summed E-state index contributed by atoms with van der Waals surface area (Å²) < 4.78 is 25.4. The molecule has 0 unspecified atom stereocenters. The lowest BCUT2D eigenvalue weighted by Crippen LogP contribution is -2.34. The number of benzene rings is 2. The van der Waals surface area contributed by atoms with E-state index in [4.69, 9.17) is 0 Å². The molecule has 0 radical (unpaired) electrons. The molecule has 1 N–H and O–H groups in total. The number of hydrogen-bond donors (Lipinski definition) is 1. The zero-order valence-corrected chi connectivity index (χ0v) is 15.9. The van der Waals surface area contributed by atoms with Crippen LogP contribution in [0.15, 0.2) is 48.5 Å². The van der Waals surface area contributed by atoms with Gasteiger partial charge in [0.25, 0.3) is 5.91 Å². The smallest absolute Gasteiger partial charge is 0.251 e. The first kappa shape index (κ1) is 18.5. The molecule has 1 aliphatic rings. The molecular weight excluding hydrogens is 348 g/mol. The molecule has 0 aliphatic carbocycles. The average molecular weight is 372 g/mol. The Morgan fingerprint density at radius 1 is 1.19 bits per heavy atom. The maximum atomic E-state index is 12.4. The van der Waals surface area contributed by atoms with Crippen LogP contribution < -0.4 is 9.62 Å². The summed E-state index contributed by atoms with van der Waals surface area (Å²) in [7, 11) is -3.31. The van der Waals surface area contributed by atoms with Crippen molar-refractivity contribution >= 4 is 21.6 Å². The summed E-state index contributed by atoms with van der Waals surface area (Å²) in [6, 6.07) is 15.3. The number of nitrogens with one attached hydrogen (secondary N) is 1. The Bertz CT molecular complexity index is 895. The molecule has 2 aromatic rings. The normalized spacial score (nSPS) is 16.4. The molecule has 1 heterocycles. The Balaban J connectivity index is 1.60. The molecule has 1 amide bonds. The van der Waals surface area contributed by atoms with Gasteiger partial charge in [-0.1, -0.05) is 30.3 Å². The number of anilines is 1. The molecule has 2 aromatic carbocycles. The van der Waals surface area contributed by atoms with Crippen LogP contribution in [0.5, 0.6) is 0 Å². The van der Waals surface area contributed by atoms with E-state index in [0.29, 0.717) is 24.2 Å². The van der Waals surface area contributed by atoms with Crippen molar-refractivity contribution in [2.75, 3.05) is 17.1 Å². The van der Waals surface area contributed by atoms with E-state index < -0.39 is 10.0 Å². The van der Waals surface area contributed by atoms with E-state index in [-0.39, 0.29) is 11.9 Å². The topological polar surface area (TPSA) is 66.5 Å². The highest BCUT2D eigenvalue weighted by atomic mass is 32.2. The number of aryl methyl sites for hydroxylation is 1. The number of hydrogen-bond acceptors (Lipinski definition) is 3. The number of carbonyl (C=O) groups is 1. The second-order valence-electron chi connectivity index (χ2n) is 6.80. The molecule has 0 bridgehead atoms. The van der Waals surface area contributed by atoms with Crippen LogP contribution in [0, 0.1) is 0 Å². The van der Waals surface area contributed by atoms with Crippen molar-refractivity contribution in [1.29, 1.82) is 0 Å². The van der Waals surface area contributed by atoms with Gasteiger partial charge in [-0.2, -0.15) is 0 Å². The molecule has 1 atom stereocenters. The predicted molar refractivity (Wildman–Crippen MR) is 104 cm³/mol. The van der Waals surface area contributed by atoms with Gasteiger partial charge >= 0.3 is 0 Å². The minimum Gasteiger partial charge on any atom is -0.352 e. The van der Waals surface area contributed by atoms with Gasteiger partial charge in [-0.25, -0.2) is 8.42 Å². The zero-order valence-electron chi connectivity index (χ0n) is 15.1. The fourth-order valence-corrected chi connectivity index (χ4v) is 4.75. The SMILES string of the molecule is C[C@H]1Cc2cc(C(=O)NCCCc3ccccc3)ccc2N1S(C)(=O)=O. The van der Waals surface area contributed by atoms with Crippen LogP contribution in [0.1, 0.15) is 34.8 Å². The fraction of sp³-hybridized carbons (Fsp3) is 0.350. The number of nitrogens with zero attached hydrogens (tertiary/aromatic N) is 1. The quantitative estimate of drug-likeness (QED) is 0.793. The Morgan fingerprint density at radius 2 is 1.92 bits per heavy atom. The highest BCUT2D eigenvalue weighted by molar-refractivity contribution is 7.92. The Kier molecular flexibility index (Phi) is 5.32. The number of amides is 1. The van der Waals surface area contributed by atoms with Crippen LogP contribution in [0.4, 0.5) is 5.69 Å². The van der Waals surface area contributed by atoms with Crippen molar-refractivity contribution < 1.29 is 13.2 Å². The third-order valence-corrected chi connectivity index (χ3v) is 5.89. The molecule has 6 heteroatoms. The predicted octanol–water partition coefficient (Wildman–Crippen LogP) is 2.76. The van der Waals surface area contributed by atoms with Gasteiger partial charge in [0.15, 0.2) is 0 Å². The molecule has 3 rings (SSSR count). The van der Waals surface area contributed by atoms with Gasteiger partial charge in [-0.05, 0) is 55.5 Å². The highest BCUT2D eigenvalue weighted by Crippen LogP contribution is 2.34. The van der Waals surface area contributed by atoms with Gasteiger partial charge in [-0.3, -0.25) is 9.10 Å². The molecule has 5 nitrogen and oxygen atoms in total. The van der Waals surface area contributed by atoms with Crippen LogP contribution in [0.25, 0.3) is 0 Å². The first-order valence-corrected chi connectivity index (χ1v) is 10.7. The summed E-state index contributed by atoms with van der Waals surface area (Å²) in [5, 5.41) is 2.94. The second kappa shape index (κ2) is 7.50. The summed E-state index contributed by atoms with van der Waals surface area (Å²) >= 11 is 0. The fourth-order valence-electron chi connectivity index (χ4n) is 3.49. The summed E-state index contributed by atoms with van der Waals surface area (Å²) in [6.45, 7) is 2.49. The molecule has 0 fully saturated rings. The van der Waals surface area contributed by atoms with E-state index in [2.05, 4.69) is 17.4 Å². The third-order valence-electron chi connectivity index (χ3n) is 4.62. The molecule has 138 valence electrons. The summed E-state index contributed by atoms with van der Waals surface area (Å²) in [6.07, 6.45) is 3.63. The van der Waals surface area contributed by atoms with Crippen molar-refractivity contribution in [3.05, 3.63) is 65.2 Å². The molecular formula is C20H24N2O3S. The van der Waals surface area contributed by atoms with Crippen molar-refractivity contribution in [1.82, 2.24) is 5.32 Å². The maximum Gasteiger partial charge on any atom is 0.251 e. The molecule has 1 aliphatic heterocycles. The third kappa shape index (κ3) is 4.07. The monoisotopic (exact) mass is 372 g/mol. The molecule has 0 aromatic heterocycles. The van der Waals surface area contributed by atoms with Crippen molar-refractivity contribution in [2.45, 2.75) is 32.2 Å². The highest BCUT2D eigenvalue weighted by Gasteiger charge is 2.32. The van der Waals surface area contributed by atoms with Crippen LogP contribution in [0.3, 0.4) is 0 Å². The van der Waals surface area contributed by atoms with E-state index in [1.165, 1.54) is 16.1 Å². The zero-order chi connectivity index (χ0) is 18.7. The van der Waals surface area contributed by atoms with E-state index >= 15 is 0 Å². The van der Waals surface area contributed by atoms with Crippen LogP contribution in [-0.4, -0.2) is 33.2 Å². The average Bonchev–Trinajstić information content (AvgIpc) is 2.94. The second-order valence-corrected chi connectivity index (χ2v) is 8.66. The van der Waals surface area contributed by atoms with Crippen LogP contribution in [0.2, 0.25) is 0 Å². The van der Waals surface area contributed by atoms with Crippen molar-refractivity contribution in [3.8, 4) is 0 Å². The number of carbonyl (C=O) groups excluding carboxylic acids is 1. The lowest BCUT2D eigenvalue weighted by molar-refractivity contribution is 0.0953. The van der Waals surface area contributed by atoms with Crippen LogP contribution in [-0.2, 0) is 22.9 Å². The van der Waals surface area contributed by atoms with Gasteiger partial charge < -0.3 is 5.32 Å². The largest absolute Gasteiger partial charge is 0.352 e. The molecule has 0 spiro atoms. The summed E-state index contributed by atoms with van der Waals surface area (Å²) in [5.74, 6) is -0.119. The van der Waals surface area contributed by atoms with Gasteiger partial charge in [0.2, 0.25) is 10.0 Å². The standard InChI is InChI=1S/C20H24N2O3S/c1-15-13-18-14-17(10-11-19(18)22(15)26(2,24)25)20(23)21-12-6-9-16-7-4-3-5-8-16/h3-5,7-8,10-11,14-15H,6,9,12-13H2,1-2H3,(H,21,23)/t15-/m0/s1. The van der Waals surface area contributed by atoms with Gasteiger partial charge in [0, 0.05) is 18.2 Å². The van der Waals surface area contributed by atoms with E-state index in [9.17, 15) is 13.2 Å².